The molecule has 1 aliphatic heterocycles. The fourth-order valence-electron chi connectivity index (χ4n) is 0.994. The van der Waals surface area contributed by atoms with E-state index in [1.165, 1.54) is 6.42 Å². The third-order valence-corrected chi connectivity index (χ3v) is 1.77. The number of aliphatic hydroxyl groups is 1. The molecular formula is C7H14O2. The van der Waals surface area contributed by atoms with Gasteiger partial charge in [-0.3, -0.25) is 0 Å². The molecule has 2 nitrogen and oxygen atoms in total. The van der Waals surface area contributed by atoms with Crippen molar-refractivity contribution in [2.75, 3.05) is 13.2 Å². The number of hydrogen-bond acceptors (Lipinski definition) is 2. The number of rotatable bonds is 3. The van der Waals surface area contributed by atoms with Gasteiger partial charge in [-0.25, -0.2) is 0 Å². The second-order valence-electron chi connectivity index (χ2n) is 2.80. The van der Waals surface area contributed by atoms with Gasteiger partial charge in [-0.05, 0) is 18.8 Å². The molecule has 0 aromatic carbocycles. The standard InChI is InChI=1S/C7H14O2/c1-6(5-8)4-7-2-3-9-7/h6-8H,2-5H2,1H3/t6-,7?/m0/s1. The number of ether oxygens (including phenoxy) is 1. The van der Waals surface area contributed by atoms with Crippen molar-refractivity contribution in [2.45, 2.75) is 25.9 Å². The van der Waals surface area contributed by atoms with Gasteiger partial charge in [0.25, 0.3) is 0 Å². The highest BCUT2D eigenvalue weighted by molar-refractivity contribution is 4.68. The molecule has 1 N–H and O–H groups in total. The van der Waals surface area contributed by atoms with Crippen LogP contribution in [0, 0.1) is 5.92 Å². The quantitative estimate of drug-likeness (QED) is 0.612. The summed E-state index contributed by atoms with van der Waals surface area (Å²) >= 11 is 0. The van der Waals surface area contributed by atoms with Gasteiger partial charge in [0.1, 0.15) is 0 Å². The molecule has 1 aliphatic rings. The van der Waals surface area contributed by atoms with Gasteiger partial charge in [0.15, 0.2) is 0 Å². The molecule has 0 radical (unpaired) electrons. The van der Waals surface area contributed by atoms with Crippen molar-refractivity contribution in [2.24, 2.45) is 5.92 Å². The molecule has 0 aromatic heterocycles. The summed E-state index contributed by atoms with van der Waals surface area (Å²) in [6, 6.07) is 0. The zero-order chi connectivity index (χ0) is 6.69. The van der Waals surface area contributed by atoms with E-state index in [0.29, 0.717) is 18.6 Å². The van der Waals surface area contributed by atoms with Crippen LogP contribution in [0.4, 0.5) is 0 Å². The van der Waals surface area contributed by atoms with Crippen molar-refractivity contribution in [3.05, 3.63) is 0 Å². The SMILES string of the molecule is C[C@H](CO)CC1CCO1. The highest BCUT2D eigenvalue weighted by atomic mass is 16.5. The van der Waals surface area contributed by atoms with E-state index in [1.807, 2.05) is 6.92 Å². The van der Waals surface area contributed by atoms with E-state index in [-0.39, 0.29) is 0 Å². The second kappa shape index (κ2) is 3.18. The average molecular weight is 130 g/mol. The fourth-order valence-corrected chi connectivity index (χ4v) is 0.994. The Hall–Kier alpha value is -0.0800. The summed E-state index contributed by atoms with van der Waals surface area (Å²) in [4.78, 5) is 0. The molecule has 0 aromatic rings. The van der Waals surface area contributed by atoms with Crippen LogP contribution in [0.1, 0.15) is 19.8 Å². The maximum atomic E-state index is 8.65. The van der Waals surface area contributed by atoms with Crippen molar-refractivity contribution in [1.82, 2.24) is 0 Å². The van der Waals surface area contributed by atoms with Gasteiger partial charge >= 0.3 is 0 Å². The minimum Gasteiger partial charge on any atom is -0.396 e. The summed E-state index contributed by atoms with van der Waals surface area (Å²) in [6.45, 7) is 3.25. The first-order valence-electron chi connectivity index (χ1n) is 3.55. The van der Waals surface area contributed by atoms with E-state index in [4.69, 9.17) is 9.84 Å². The van der Waals surface area contributed by atoms with E-state index in [2.05, 4.69) is 0 Å². The monoisotopic (exact) mass is 130 g/mol. The third kappa shape index (κ3) is 1.95. The highest BCUT2D eigenvalue weighted by Crippen LogP contribution is 2.18. The number of aliphatic hydroxyl groups excluding tert-OH is 1. The first-order valence-corrected chi connectivity index (χ1v) is 3.55. The molecule has 1 fully saturated rings. The fraction of sp³-hybridized carbons (Fsp3) is 1.00. The summed E-state index contributed by atoms with van der Waals surface area (Å²) in [5, 5.41) is 8.65. The lowest BCUT2D eigenvalue weighted by Crippen LogP contribution is -2.29. The van der Waals surface area contributed by atoms with Gasteiger partial charge in [-0.2, -0.15) is 0 Å². The molecule has 1 heterocycles. The molecular weight excluding hydrogens is 116 g/mol. The minimum atomic E-state index is 0.292. The summed E-state index contributed by atoms with van der Waals surface area (Å²) in [5.41, 5.74) is 0. The number of hydrogen-bond donors (Lipinski definition) is 1. The van der Waals surface area contributed by atoms with Crippen LogP contribution in [0.15, 0.2) is 0 Å². The zero-order valence-corrected chi connectivity index (χ0v) is 5.84. The first-order chi connectivity index (χ1) is 4.33. The molecule has 1 saturated heterocycles. The summed E-state index contributed by atoms with van der Waals surface area (Å²) in [6.07, 6.45) is 2.66. The predicted octanol–water partition coefficient (Wildman–Crippen LogP) is 0.794. The second-order valence-corrected chi connectivity index (χ2v) is 2.80. The lowest BCUT2D eigenvalue weighted by molar-refractivity contribution is -0.0646. The van der Waals surface area contributed by atoms with Crippen molar-refractivity contribution >= 4 is 0 Å². The molecule has 54 valence electrons. The molecule has 2 atom stereocenters. The van der Waals surface area contributed by atoms with Crippen LogP contribution in [0.25, 0.3) is 0 Å². The average Bonchev–Trinajstić information content (AvgIpc) is 1.78. The molecule has 9 heavy (non-hydrogen) atoms. The van der Waals surface area contributed by atoms with Crippen molar-refractivity contribution in [3.8, 4) is 0 Å². The lowest BCUT2D eigenvalue weighted by Gasteiger charge is -2.28. The smallest absolute Gasteiger partial charge is 0.0600 e. The van der Waals surface area contributed by atoms with Gasteiger partial charge in [-0.15, -0.1) is 0 Å². The van der Waals surface area contributed by atoms with E-state index in [1.54, 1.807) is 0 Å². The van der Waals surface area contributed by atoms with Crippen LogP contribution in [-0.4, -0.2) is 24.4 Å². The van der Waals surface area contributed by atoms with Crippen LogP contribution in [0.3, 0.4) is 0 Å². The summed E-state index contributed by atoms with van der Waals surface area (Å²) in [5.74, 6) is 0.412. The van der Waals surface area contributed by atoms with Crippen LogP contribution in [0.5, 0.6) is 0 Å². The Morgan fingerprint density at radius 1 is 1.78 bits per heavy atom. The van der Waals surface area contributed by atoms with Crippen molar-refractivity contribution < 1.29 is 9.84 Å². The summed E-state index contributed by atoms with van der Waals surface area (Å²) in [7, 11) is 0. The van der Waals surface area contributed by atoms with Crippen molar-refractivity contribution in [3.63, 3.8) is 0 Å². The molecule has 0 aliphatic carbocycles. The van der Waals surface area contributed by atoms with E-state index >= 15 is 0 Å². The van der Waals surface area contributed by atoms with E-state index in [0.717, 1.165) is 13.0 Å². The molecule has 2 heteroatoms. The molecule has 0 amide bonds. The molecule has 0 bridgehead atoms. The van der Waals surface area contributed by atoms with Crippen LogP contribution < -0.4 is 0 Å². The lowest BCUT2D eigenvalue weighted by atomic mass is 10.0. The van der Waals surface area contributed by atoms with E-state index in [9.17, 15) is 0 Å². The van der Waals surface area contributed by atoms with Gasteiger partial charge in [0, 0.05) is 13.2 Å². The Balaban J connectivity index is 2.01. The Labute approximate surface area is 55.8 Å². The normalized spacial score (nSPS) is 29.3. The Morgan fingerprint density at radius 2 is 2.44 bits per heavy atom. The Bertz CT molecular complexity index is 76.2. The Morgan fingerprint density at radius 3 is 2.78 bits per heavy atom. The van der Waals surface area contributed by atoms with E-state index < -0.39 is 0 Å². The largest absolute Gasteiger partial charge is 0.396 e. The van der Waals surface area contributed by atoms with Gasteiger partial charge < -0.3 is 9.84 Å². The van der Waals surface area contributed by atoms with Crippen LogP contribution in [0.2, 0.25) is 0 Å². The summed E-state index contributed by atoms with van der Waals surface area (Å²) < 4.78 is 5.19. The minimum absolute atomic E-state index is 0.292. The third-order valence-electron chi connectivity index (χ3n) is 1.77. The maximum absolute atomic E-state index is 8.65. The maximum Gasteiger partial charge on any atom is 0.0600 e. The van der Waals surface area contributed by atoms with Crippen LogP contribution >= 0.6 is 0 Å². The Kier molecular flexibility index (Phi) is 2.49. The van der Waals surface area contributed by atoms with Crippen LogP contribution in [-0.2, 0) is 4.74 Å². The highest BCUT2D eigenvalue weighted by Gasteiger charge is 2.19. The molecule has 1 unspecified atom stereocenters. The molecule has 1 rings (SSSR count). The van der Waals surface area contributed by atoms with Gasteiger partial charge in [-0.1, -0.05) is 6.92 Å². The van der Waals surface area contributed by atoms with Crippen molar-refractivity contribution in [1.29, 1.82) is 0 Å². The molecule has 0 spiro atoms. The first kappa shape index (κ1) is 7.03. The van der Waals surface area contributed by atoms with Gasteiger partial charge in [0.2, 0.25) is 0 Å². The predicted molar refractivity (Wildman–Crippen MR) is 35.2 cm³/mol. The zero-order valence-electron chi connectivity index (χ0n) is 5.84. The topological polar surface area (TPSA) is 29.5 Å². The van der Waals surface area contributed by atoms with Gasteiger partial charge in [0.05, 0.1) is 6.10 Å². The molecule has 0 saturated carbocycles.